The van der Waals surface area contributed by atoms with E-state index < -0.39 is 0 Å². The first-order chi connectivity index (χ1) is 14.3. The van der Waals surface area contributed by atoms with E-state index in [0.717, 1.165) is 30.0 Å². The van der Waals surface area contributed by atoms with E-state index in [9.17, 15) is 0 Å². The Balaban J connectivity index is 1.49. The van der Waals surface area contributed by atoms with Crippen molar-refractivity contribution in [2.24, 2.45) is 15.8 Å². The van der Waals surface area contributed by atoms with E-state index in [2.05, 4.69) is 56.1 Å². The van der Waals surface area contributed by atoms with Crippen molar-refractivity contribution >= 4 is 17.5 Å². The molecule has 3 heteroatoms. The highest BCUT2D eigenvalue weighted by Gasteiger charge is 2.46. The molecule has 1 aromatic heterocycles. The van der Waals surface area contributed by atoms with Crippen molar-refractivity contribution < 1.29 is 4.74 Å². The number of aromatic nitrogens is 1. The molecule has 0 aliphatic heterocycles. The van der Waals surface area contributed by atoms with Crippen molar-refractivity contribution in [1.82, 2.24) is 4.98 Å². The van der Waals surface area contributed by atoms with Crippen LogP contribution in [0.15, 0.2) is 41.5 Å². The summed E-state index contributed by atoms with van der Waals surface area (Å²) in [5.74, 6) is 0.953. The van der Waals surface area contributed by atoms with Crippen molar-refractivity contribution in [3.05, 3.63) is 58.9 Å². The number of benzene rings is 1. The molecule has 2 atom stereocenters. The van der Waals surface area contributed by atoms with Gasteiger partial charge in [-0.2, -0.15) is 0 Å². The second kappa shape index (κ2) is 8.02. The summed E-state index contributed by atoms with van der Waals surface area (Å²) in [7, 11) is 1.73. The molecule has 0 amide bonds. The van der Waals surface area contributed by atoms with Gasteiger partial charge in [0.25, 0.3) is 0 Å². The fraction of sp³-hybridized carbons (Fsp3) is 0.481. The summed E-state index contributed by atoms with van der Waals surface area (Å²) in [6, 6.07) is 8.66. The van der Waals surface area contributed by atoms with Gasteiger partial charge in [0.05, 0.1) is 18.5 Å². The summed E-state index contributed by atoms with van der Waals surface area (Å²) in [6.07, 6.45) is 13.6. The molecule has 0 spiro atoms. The summed E-state index contributed by atoms with van der Waals surface area (Å²) in [5, 5.41) is 0. The summed E-state index contributed by atoms with van der Waals surface area (Å²) >= 11 is 0. The first-order valence-electron chi connectivity index (χ1n) is 11.2. The lowest BCUT2D eigenvalue weighted by Gasteiger charge is -2.37. The molecule has 4 rings (SSSR count). The van der Waals surface area contributed by atoms with Crippen LogP contribution in [-0.2, 0) is 6.42 Å². The fourth-order valence-corrected chi connectivity index (χ4v) is 5.47. The zero-order chi connectivity index (χ0) is 21.4. The molecule has 2 aromatic rings. The predicted octanol–water partition coefficient (Wildman–Crippen LogP) is 7.03. The predicted molar refractivity (Wildman–Crippen MR) is 126 cm³/mol. The number of allylic oxidation sites excluding steroid dienone is 2. The number of nitrogens with zero attached hydrogens (tertiary/aromatic N) is 2. The first kappa shape index (κ1) is 20.8. The van der Waals surface area contributed by atoms with Gasteiger partial charge in [-0.05, 0) is 91.2 Å². The van der Waals surface area contributed by atoms with Crippen LogP contribution in [0.4, 0.5) is 5.69 Å². The summed E-state index contributed by atoms with van der Waals surface area (Å²) in [5.41, 5.74) is 7.80. The second-order valence-corrected chi connectivity index (χ2v) is 9.79. The Kier molecular flexibility index (Phi) is 5.57. The zero-order valence-corrected chi connectivity index (χ0v) is 19.1. The number of fused-ring (bicyclic) bond motifs is 2. The van der Waals surface area contributed by atoms with Gasteiger partial charge in [-0.3, -0.25) is 9.98 Å². The van der Waals surface area contributed by atoms with E-state index >= 15 is 0 Å². The molecule has 1 aromatic carbocycles. The van der Waals surface area contributed by atoms with E-state index in [1.54, 1.807) is 7.11 Å². The second-order valence-electron chi connectivity index (χ2n) is 9.79. The average molecular weight is 403 g/mol. The lowest BCUT2D eigenvalue weighted by atomic mass is 9.67. The molecule has 3 nitrogen and oxygen atoms in total. The SMILES string of the molecule is COc1cc(CC/C=N\c2cc(C3=CC4(C)CCCC3(C)C4)cnc2C)ccc1C. The van der Waals surface area contributed by atoms with E-state index in [1.165, 1.54) is 47.9 Å². The van der Waals surface area contributed by atoms with Crippen molar-refractivity contribution in [2.75, 3.05) is 7.11 Å². The van der Waals surface area contributed by atoms with E-state index in [0.29, 0.717) is 5.41 Å². The first-order valence-corrected chi connectivity index (χ1v) is 11.2. The number of methoxy groups -OCH3 is 1. The Hall–Kier alpha value is -2.42. The Morgan fingerprint density at radius 3 is 2.77 bits per heavy atom. The van der Waals surface area contributed by atoms with Gasteiger partial charge in [-0.25, -0.2) is 0 Å². The van der Waals surface area contributed by atoms with Crippen LogP contribution in [0.2, 0.25) is 0 Å². The van der Waals surface area contributed by atoms with E-state index in [-0.39, 0.29) is 5.41 Å². The minimum Gasteiger partial charge on any atom is -0.496 e. The van der Waals surface area contributed by atoms with Gasteiger partial charge >= 0.3 is 0 Å². The Morgan fingerprint density at radius 2 is 2.00 bits per heavy atom. The number of hydrogen-bond acceptors (Lipinski definition) is 3. The maximum Gasteiger partial charge on any atom is 0.122 e. The molecule has 2 unspecified atom stereocenters. The van der Waals surface area contributed by atoms with Crippen LogP contribution < -0.4 is 4.74 Å². The molecule has 0 N–H and O–H groups in total. The van der Waals surface area contributed by atoms with Gasteiger partial charge in [0.15, 0.2) is 0 Å². The molecule has 1 fully saturated rings. The number of hydrogen-bond donors (Lipinski definition) is 0. The zero-order valence-electron chi connectivity index (χ0n) is 19.1. The monoisotopic (exact) mass is 402 g/mol. The largest absolute Gasteiger partial charge is 0.496 e. The minimum atomic E-state index is 0.287. The number of rotatable bonds is 6. The average Bonchev–Trinajstić information content (AvgIpc) is 2.91. The highest BCUT2D eigenvalue weighted by atomic mass is 16.5. The minimum absolute atomic E-state index is 0.287. The molecule has 0 saturated heterocycles. The third kappa shape index (κ3) is 4.08. The van der Waals surface area contributed by atoms with Crippen molar-refractivity contribution in [2.45, 2.75) is 66.2 Å². The maximum atomic E-state index is 5.44. The molecule has 1 heterocycles. The fourth-order valence-electron chi connectivity index (χ4n) is 5.47. The lowest BCUT2D eigenvalue weighted by Crippen LogP contribution is -2.25. The number of pyridine rings is 1. The molecule has 30 heavy (non-hydrogen) atoms. The van der Waals surface area contributed by atoms with Crippen molar-refractivity contribution in [3.8, 4) is 5.75 Å². The number of aliphatic imine (C=N–C) groups is 1. The van der Waals surface area contributed by atoms with Crippen LogP contribution in [0.1, 0.15) is 68.3 Å². The van der Waals surface area contributed by atoms with Gasteiger partial charge in [0.2, 0.25) is 0 Å². The number of aryl methyl sites for hydroxylation is 3. The Morgan fingerprint density at radius 1 is 1.17 bits per heavy atom. The van der Waals surface area contributed by atoms with Crippen LogP contribution in [0.5, 0.6) is 5.75 Å². The van der Waals surface area contributed by atoms with Gasteiger partial charge in [0, 0.05) is 12.4 Å². The van der Waals surface area contributed by atoms with Crippen LogP contribution in [0, 0.1) is 24.7 Å². The molecule has 1 saturated carbocycles. The van der Waals surface area contributed by atoms with Crippen LogP contribution >= 0.6 is 0 Å². The molecular weight excluding hydrogens is 368 g/mol. The van der Waals surface area contributed by atoms with Crippen LogP contribution in [0.3, 0.4) is 0 Å². The quantitative estimate of drug-likeness (QED) is 0.486. The van der Waals surface area contributed by atoms with Gasteiger partial charge in [0.1, 0.15) is 5.75 Å². The van der Waals surface area contributed by atoms with Crippen molar-refractivity contribution in [1.29, 1.82) is 0 Å². The van der Waals surface area contributed by atoms with Gasteiger partial charge < -0.3 is 4.74 Å². The summed E-state index contributed by atoms with van der Waals surface area (Å²) in [6.45, 7) is 8.97. The molecule has 2 aliphatic carbocycles. The van der Waals surface area contributed by atoms with Crippen LogP contribution in [0.25, 0.3) is 5.57 Å². The topological polar surface area (TPSA) is 34.5 Å². The van der Waals surface area contributed by atoms with E-state index in [1.807, 2.05) is 19.3 Å². The highest BCUT2D eigenvalue weighted by Crippen LogP contribution is 2.60. The summed E-state index contributed by atoms with van der Waals surface area (Å²) < 4.78 is 5.44. The Labute approximate surface area is 181 Å². The highest BCUT2D eigenvalue weighted by molar-refractivity contribution is 5.76. The van der Waals surface area contributed by atoms with Crippen molar-refractivity contribution in [3.63, 3.8) is 0 Å². The molecule has 2 aliphatic rings. The lowest BCUT2D eigenvalue weighted by molar-refractivity contribution is 0.200. The third-order valence-corrected chi connectivity index (χ3v) is 7.05. The Bertz CT molecular complexity index is 1010. The number of ether oxygens (including phenoxy) is 1. The smallest absolute Gasteiger partial charge is 0.122 e. The van der Waals surface area contributed by atoms with Crippen LogP contribution in [-0.4, -0.2) is 18.3 Å². The maximum absolute atomic E-state index is 5.44. The van der Waals surface area contributed by atoms with Gasteiger partial charge in [-0.15, -0.1) is 0 Å². The molecule has 2 bridgehead atoms. The normalized spacial score (nSPS) is 25.6. The molecular formula is C27H34N2O. The summed E-state index contributed by atoms with van der Waals surface area (Å²) in [4.78, 5) is 9.48. The standard InChI is InChI=1S/C27H34N2O/c1-19-9-10-21(14-25(19)30-5)8-6-13-28-24-15-22(17-29-20(24)2)23-16-26(3)11-7-12-27(23,4)18-26/h9-10,13-17H,6-8,11-12,18H2,1-5H3/b28-13-. The van der Waals surface area contributed by atoms with E-state index in [4.69, 9.17) is 9.73 Å². The third-order valence-electron chi connectivity index (χ3n) is 7.05. The van der Waals surface area contributed by atoms with Gasteiger partial charge in [-0.1, -0.05) is 38.5 Å². The molecule has 0 radical (unpaired) electrons. The molecule has 158 valence electrons.